The largest absolute Gasteiger partial charge is 0.355 e. The maximum Gasteiger partial charge on any atom is 0.223 e. The molecule has 0 atom stereocenters. The fourth-order valence-corrected chi connectivity index (χ4v) is 3.56. The Balaban J connectivity index is 1.44. The fourth-order valence-electron chi connectivity index (χ4n) is 2.70. The third kappa shape index (κ3) is 3.12. The van der Waals surface area contributed by atoms with Gasteiger partial charge in [-0.25, -0.2) is 4.98 Å². The molecule has 0 spiro atoms. The molecule has 0 radical (unpaired) electrons. The molecule has 20 heavy (non-hydrogen) atoms. The van der Waals surface area contributed by atoms with Crippen LogP contribution in [0.5, 0.6) is 0 Å². The molecule has 6 heteroatoms. The highest BCUT2D eigenvalue weighted by Crippen LogP contribution is 2.26. The molecule has 2 aliphatic rings. The maximum absolute atomic E-state index is 12.1. The molecule has 2 saturated heterocycles. The van der Waals surface area contributed by atoms with E-state index in [1.54, 1.807) is 11.3 Å². The molecule has 2 N–H and O–H groups in total. The summed E-state index contributed by atoms with van der Waals surface area (Å²) in [5.74, 6) is 1.06. The molecule has 0 unspecified atom stereocenters. The van der Waals surface area contributed by atoms with Gasteiger partial charge >= 0.3 is 0 Å². The van der Waals surface area contributed by atoms with E-state index in [1.807, 2.05) is 6.92 Å². The molecule has 2 fully saturated rings. The van der Waals surface area contributed by atoms with Crippen LogP contribution in [0.2, 0.25) is 0 Å². The molecule has 110 valence electrons. The van der Waals surface area contributed by atoms with Gasteiger partial charge in [-0.1, -0.05) is 0 Å². The molecule has 0 saturated carbocycles. The summed E-state index contributed by atoms with van der Waals surface area (Å²) in [5.41, 5.74) is 1.08. The number of anilines is 1. The Bertz CT molecular complexity index is 463. The molecule has 0 aromatic carbocycles. The van der Waals surface area contributed by atoms with Crippen molar-refractivity contribution >= 4 is 22.4 Å². The zero-order chi connectivity index (χ0) is 13.9. The van der Waals surface area contributed by atoms with Crippen LogP contribution < -0.4 is 15.5 Å². The van der Waals surface area contributed by atoms with Crippen molar-refractivity contribution in [1.29, 1.82) is 0 Å². The second kappa shape index (κ2) is 6.10. The number of carbonyl (C=O) groups excluding carboxylic acids is 1. The van der Waals surface area contributed by atoms with Gasteiger partial charge in [-0.3, -0.25) is 4.79 Å². The second-order valence-corrected chi connectivity index (χ2v) is 6.64. The molecule has 3 heterocycles. The van der Waals surface area contributed by atoms with Crippen LogP contribution in [0.25, 0.3) is 0 Å². The van der Waals surface area contributed by atoms with Crippen molar-refractivity contribution in [2.24, 2.45) is 11.8 Å². The summed E-state index contributed by atoms with van der Waals surface area (Å²) < 4.78 is 0. The number of hydrogen-bond donors (Lipinski definition) is 2. The monoisotopic (exact) mass is 294 g/mol. The number of amides is 1. The van der Waals surface area contributed by atoms with E-state index in [4.69, 9.17) is 0 Å². The Hall–Kier alpha value is -1.14. The molecule has 5 nitrogen and oxygen atoms in total. The molecule has 2 aliphatic heterocycles. The van der Waals surface area contributed by atoms with Gasteiger partial charge in [0.15, 0.2) is 5.13 Å². The number of thiazole rings is 1. The quantitative estimate of drug-likeness (QED) is 0.870. The van der Waals surface area contributed by atoms with Crippen LogP contribution in [-0.2, 0) is 4.79 Å². The van der Waals surface area contributed by atoms with E-state index in [0.717, 1.165) is 56.4 Å². The summed E-state index contributed by atoms with van der Waals surface area (Å²) in [4.78, 5) is 18.9. The normalized spacial score (nSPS) is 20.8. The van der Waals surface area contributed by atoms with Gasteiger partial charge in [0.25, 0.3) is 0 Å². The summed E-state index contributed by atoms with van der Waals surface area (Å²) in [7, 11) is 0. The third-order valence-electron chi connectivity index (χ3n) is 4.17. The molecular weight excluding hydrogens is 272 g/mol. The van der Waals surface area contributed by atoms with E-state index in [1.165, 1.54) is 0 Å². The maximum atomic E-state index is 12.1. The first-order chi connectivity index (χ1) is 9.72. The van der Waals surface area contributed by atoms with Crippen molar-refractivity contribution < 1.29 is 4.79 Å². The van der Waals surface area contributed by atoms with Crippen molar-refractivity contribution in [1.82, 2.24) is 15.6 Å². The van der Waals surface area contributed by atoms with Crippen molar-refractivity contribution in [3.05, 3.63) is 11.1 Å². The van der Waals surface area contributed by atoms with Crippen LogP contribution in [0.1, 0.15) is 18.5 Å². The lowest BCUT2D eigenvalue weighted by molar-refractivity contribution is -0.125. The molecular formula is C14H22N4OS. The van der Waals surface area contributed by atoms with E-state index in [9.17, 15) is 4.79 Å². The number of hydrogen-bond acceptors (Lipinski definition) is 5. The van der Waals surface area contributed by atoms with Crippen LogP contribution in [0.15, 0.2) is 5.38 Å². The van der Waals surface area contributed by atoms with Gasteiger partial charge in [0, 0.05) is 49.9 Å². The van der Waals surface area contributed by atoms with E-state index >= 15 is 0 Å². The third-order valence-corrected chi connectivity index (χ3v) is 5.19. The number of aromatic nitrogens is 1. The topological polar surface area (TPSA) is 57.3 Å². The summed E-state index contributed by atoms with van der Waals surface area (Å²) in [5, 5.41) is 9.51. The minimum absolute atomic E-state index is 0.181. The number of carbonyl (C=O) groups is 1. The van der Waals surface area contributed by atoms with Crippen LogP contribution >= 0.6 is 11.3 Å². The first-order valence-corrected chi connectivity index (χ1v) is 8.26. The Morgan fingerprint density at radius 2 is 2.25 bits per heavy atom. The molecule has 0 aliphatic carbocycles. The lowest BCUT2D eigenvalue weighted by atomic mass is 9.95. The Morgan fingerprint density at radius 1 is 1.50 bits per heavy atom. The molecule has 3 rings (SSSR count). The smallest absolute Gasteiger partial charge is 0.223 e. The van der Waals surface area contributed by atoms with Gasteiger partial charge in [0.05, 0.1) is 5.69 Å². The van der Waals surface area contributed by atoms with Crippen LogP contribution in [0, 0.1) is 18.8 Å². The molecule has 1 aromatic rings. The number of rotatable bonds is 4. The van der Waals surface area contributed by atoms with E-state index in [0.29, 0.717) is 5.92 Å². The highest BCUT2D eigenvalue weighted by Gasteiger charge is 2.27. The Labute approximate surface area is 123 Å². The average Bonchev–Trinajstić information content (AvgIpc) is 2.84. The van der Waals surface area contributed by atoms with Gasteiger partial charge in [0.1, 0.15) is 0 Å². The van der Waals surface area contributed by atoms with E-state index < -0.39 is 0 Å². The van der Waals surface area contributed by atoms with Gasteiger partial charge in [-0.05, 0) is 19.8 Å². The van der Waals surface area contributed by atoms with E-state index in [2.05, 4.69) is 25.9 Å². The highest BCUT2D eigenvalue weighted by molar-refractivity contribution is 7.13. The van der Waals surface area contributed by atoms with Gasteiger partial charge in [-0.15, -0.1) is 11.3 Å². The summed E-state index contributed by atoms with van der Waals surface area (Å²) >= 11 is 1.70. The molecule has 1 aromatic heterocycles. The standard InChI is InChI=1S/C14H22N4OS/c1-10-9-20-14(17-10)18-4-2-12(3-5-18)13(19)16-8-11-6-15-7-11/h9,11-12,15H,2-8H2,1H3,(H,16,19). The summed E-state index contributed by atoms with van der Waals surface area (Å²) in [6.07, 6.45) is 1.88. The van der Waals surface area contributed by atoms with Gasteiger partial charge in [-0.2, -0.15) is 0 Å². The second-order valence-electron chi connectivity index (χ2n) is 5.80. The zero-order valence-corrected chi connectivity index (χ0v) is 12.7. The summed E-state index contributed by atoms with van der Waals surface area (Å²) in [6, 6.07) is 0. The molecule has 0 bridgehead atoms. The number of aryl methyl sites for hydroxylation is 1. The van der Waals surface area contributed by atoms with Crippen molar-refractivity contribution in [2.75, 3.05) is 37.6 Å². The lowest BCUT2D eigenvalue weighted by Gasteiger charge is -2.32. The average molecular weight is 294 g/mol. The Morgan fingerprint density at radius 3 is 2.80 bits per heavy atom. The number of nitrogens with one attached hydrogen (secondary N) is 2. The van der Waals surface area contributed by atoms with Crippen molar-refractivity contribution in [3.63, 3.8) is 0 Å². The van der Waals surface area contributed by atoms with E-state index in [-0.39, 0.29) is 11.8 Å². The summed E-state index contributed by atoms with van der Waals surface area (Å²) in [6.45, 7) is 6.82. The van der Waals surface area contributed by atoms with Gasteiger partial charge in [0.2, 0.25) is 5.91 Å². The minimum atomic E-state index is 0.181. The highest BCUT2D eigenvalue weighted by atomic mass is 32.1. The fraction of sp³-hybridized carbons (Fsp3) is 0.714. The van der Waals surface area contributed by atoms with Crippen molar-refractivity contribution in [2.45, 2.75) is 19.8 Å². The van der Waals surface area contributed by atoms with Gasteiger partial charge < -0.3 is 15.5 Å². The first-order valence-electron chi connectivity index (χ1n) is 7.38. The predicted octanol–water partition coefficient (Wildman–Crippen LogP) is 1.00. The van der Waals surface area contributed by atoms with Crippen molar-refractivity contribution in [3.8, 4) is 0 Å². The van der Waals surface area contributed by atoms with Crippen LogP contribution in [0.4, 0.5) is 5.13 Å². The lowest BCUT2D eigenvalue weighted by Crippen LogP contribution is -2.49. The van der Waals surface area contributed by atoms with Crippen LogP contribution in [-0.4, -0.2) is 43.6 Å². The predicted molar refractivity (Wildman–Crippen MR) is 81.2 cm³/mol. The number of piperidine rings is 1. The number of nitrogens with zero attached hydrogens (tertiary/aromatic N) is 2. The van der Waals surface area contributed by atoms with Crippen LogP contribution in [0.3, 0.4) is 0 Å². The first kappa shape index (κ1) is 13.8. The molecule has 1 amide bonds. The SMILES string of the molecule is Cc1csc(N2CCC(C(=O)NCC3CNC3)CC2)n1. The minimum Gasteiger partial charge on any atom is -0.355 e. The zero-order valence-electron chi connectivity index (χ0n) is 11.9. The Kier molecular flexibility index (Phi) is 4.21.